The van der Waals surface area contributed by atoms with Crippen molar-refractivity contribution in [3.8, 4) is 0 Å². The van der Waals surface area contributed by atoms with Crippen molar-refractivity contribution < 1.29 is 20.1 Å². The maximum atomic E-state index is 12.4. The third-order valence-corrected chi connectivity index (χ3v) is 11.1. The monoisotopic (exact) mass is 760 g/mol. The van der Waals surface area contributed by atoms with Crippen molar-refractivity contribution in [1.29, 1.82) is 0 Å². The average molecular weight is 760 g/mol. The first-order valence-corrected chi connectivity index (χ1v) is 23.8. The van der Waals surface area contributed by atoms with Gasteiger partial charge in [0.05, 0.1) is 18.8 Å². The van der Waals surface area contributed by atoms with Crippen LogP contribution in [0, 0.1) is 0 Å². The SMILES string of the molecule is C/C=C/CC/C=C/CC/C=C/C(O)C(CO)NC(=O)C(O)CCCCCCCCCCCCCCCCCCCCCCCCCCCCCCCCC. The molecule has 3 unspecified atom stereocenters. The zero-order chi connectivity index (χ0) is 39.4. The summed E-state index contributed by atoms with van der Waals surface area (Å²) in [6, 6.07) is -0.817. The molecule has 0 aromatic heterocycles. The van der Waals surface area contributed by atoms with E-state index in [1.54, 1.807) is 6.08 Å². The van der Waals surface area contributed by atoms with E-state index in [-0.39, 0.29) is 6.61 Å². The van der Waals surface area contributed by atoms with Gasteiger partial charge in [-0.25, -0.2) is 0 Å². The molecule has 318 valence electrons. The molecule has 54 heavy (non-hydrogen) atoms. The van der Waals surface area contributed by atoms with Gasteiger partial charge >= 0.3 is 0 Å². The van der Waals surface area contributed by atoms with Gasteiger partial charge in [0.2, 0.25) is 5.91 Å². The molecule has 0 saturated heterocycles. The number of hydrogen-bond donors (Lipinski definition) is 4. The standard InChI is InChI=1S/C49H93NO4/c1-3-5-7-9-11-13-14-15-16-17-18-19-20-21-22-23-24-25-26-27-28-29-30-31-32-33-34-36-38-40-42-44-48(53)49(54)50-46(45-51)47(52)43-41-39-37-35-12-10-8-6-4-2/h4,6,12,35,41,43,46-48,51-53H,3,5,7-11,13-34,36-40,42,44-45H2,1-2H3,(H,50,54)/b6-4+,35-12+,43-41+. The Bertz CT molecular complexity index is 840. The van der Waals surface area contributed by atoms with Gasteiger partial charge in [-0.3, -0.25) is 4.79 Å². The van der Waals surface area contributed by atoms with Crippen LogP contribution < -0.4 is 5.32 Å². The topological polar surface area (TPSA) is 89.8 Å². The molecule has 3 atom stereocenters. The highest BCUT2D eigenvalue weighted by molar-refractivity contribution is 5.80. The molecule has 0 aliphatic carbocycles. The second-order valence-corrected chi connectivity index (χ2v) is 16.3. The molecule has 0 rings (SSSR count). The zero-order valence-corrected chi connectivity index (χ0v) is 36.1. The van der Waals surface area contributed by atoms with E-state index in [1.165, 1.54) is 180 Å². The third kappa shape index (κ3) is 38.8. The largest absolute Gasteiger partial charge is 0.394 e. The maximum absolute atomic E-state index is 12.4. The van der Waals surface area contributed by atoms with Gasteiger partial charge in [-0.1, -0.05) is 242 Å². The highest BCUT2D eigenvalue weighted by Crippen LogP contribution is 2.17. The van der Waals surface area contributed by atoms with E-state index in [2.05, 4.69) is 36.5 Å². The first kappa shape index (κ1) is 52.6. The Morgan fingerprint density at radius 2 is 0.796 bits per heavy atom. The molecule has 4 N–H and O–H groups in total. The summed E-state index contributed by atoms with van der Waals surface area (Å²) in [6.07, 6.45) is 56.7. The Morgan fingerprint density at radius 1 is 0.481 bits per heavy atom. The summed E-state index contributed by atoms with van der Waals surface area (Å²) in [5.41, 5.74) is 0. The fraction of sp³-hybridized carbons (Fsp3) is 0.857. The van der Waals surface area contributed by atoms with Crippen LogP contribution in [0.4, 0.5) is 0 Å². The molecule has 0 bridgehead atoms. The molecule has 0 radical (unpaired) electrons. The summed E-state index contributed by atoms with van der Waals surface area (Å²) in [4.78, 5) is 12.4. The van der Waals surface area contributed by atoms with E-state index in [4.69, 9.17) is 0 Å². The number of rotatable bonds is 43. The summed E-state index contributed by atoms with van der Waals surface area (Å²) < 4.78 is 0. The van der Waals surface area contributed by atoms with Crippen LogP contribution in [0.5, 0.6) is 0 Å². The van der Waals surface area contributed by atoms with Gasteiger partial charge in [0.15, 0.2) is 0 Å². The molecule has 5 heteroatoms. The van der Waals surface area contributed by atoms with Crippen molar-refractivity contribution in [3.05, 3.63) is 36.5 Å². The minimum absolute atomic E-state index is 0.380. The molecule has 0 aromatic carbocycles. The average Bonchev–Trinajstić information content (AvgIpc) is 3.18. The Hall–Kier alpha value is -1.43. The lowest BCUT2D eigenvalue weighted by molar-refractivity contribution is -0.131. The quantitative estimate of drug-likeness (QED) is 0.0368. The fourth-order valence-corrected chi connectivity index (χ4v) is 7.34. The van der Waals surface area contributed by atoms with E-state index >= 15 is 0 Å². The second-order valence-electron chi connectivity index (χ2n) is 16.3. The van der Waals surface area contributed by atoms with Crippen LogP contribution in [0.15, 0.2) is 36.5 Å². The first-order chi connectivity index (χ1) is 26.6. The summed E-state index contributed by atoms with van der Waals surface area (Å²) in [5, 5.41) is 32.9. The number of amides is 1. The molecule has 0 aliphatic heterocycles. The lowest BCUT2D eigenvalue weighted by atomic mass is 10.0. The van der Waals surface area contributed by atoms with Crippen LogP contribution in [-0.4, -0.2) is 46.1 Å². The van der Waals surface area contributed by atoms with E-state index in [1.807, 2.05) is 13.0 Å². The molecule has 0 spiro atoms. The summed E-state index contributed by atoms with van der Waals surface area (Å²) in [6.45, 7) is 3.94. The Morgan fingerprint density at radius 3 is 1.13 bits per heavy atom. The number of allylic oxidation sites excluding steroid dienone is 5. The fourth-order valence-electron chi connectivity index (χ4n) is 7.34. The number of carbonyl (C=O) groups excluding carboxylic acids is 1. The Balaban J connectivity index is 3.46. The van der Waals surface area contributed by atoms with Crippen LogP contribution in [0.2, 0.25) is 0 Å². The molecule has 5 nitrogen and oxygen atoms in total. The number of nitrogens with one attached hydrogen (secondary N) is 1. The van der Waals surface area contributed by atoms with Crippen molar-refractivity contribution in [2.45, 2.75) is 263 Å². The number of hydrogen-bond acceptors (Lipinski definition) is 4. The Labute approximate surface area is 336 Å². The van der Waals surface area contributed by atoms with Crippen LogP contribution in [0.3, 0.4) is 0 Å². The molecule has 0 saturated carbocycles. The highest BCUT2D eigenvalue weighted by atomic mass is 16.3. The van der Waals surface area contributed by atoms with Crippen molar-refractivity contribution in [2.75, 3.05) is 6.61 Å². The summed E-state index contributed by atoms with van der Waals surface area (Å²) in [7, 11) is 0. The Kier molecular flexibility index (Phi) is 43.1. The van der Waals surface area contributed by atoms with Crippen molar-refractivity contribution in [3.63, 3.8) is 0 Å². The third-order valence-electron chi connectivity index (χ3n) is 11.1. The van der Waals surface area contributed by atoms with Crippen LogP contribution >= 0.6 is 0 Å². The zero-order valence-electron chi connectivity index (χ0n) is 36.1. The van der Waals surface area contributed by atoms with Gasteiger partial charge in [-0.05, 0) is 39.0 Å². The van der Waals surface area contributed by atoms with Gasteiger partial charge in [0.25, 0.3) is 0 Å². The van der Waals surface area contributed by atoms with Crippen LogP contribution in [0.1, 0.15) is 245 Å². The molecular formula is C49H93NO4. The van der Waals surface area contributed by atoms with Gasteiger partial charge in [0, 0.05) is 0 Å². The molecule has 0 aromatic rings. The predicted molar refractivity (Wildman–Crippen MR) is 236 cm³/mol. The summed E-state index contributed by atoms with van der Waals surface area (Å²) >= 11 is 0. The minimum Gasteiger partial charge on any atom is -0.394 e. The molecule has 0 aliphatic rings. The molecule has 0 fully saturated rings. The van der Waals surface area contributed by atoms with Gasteiger partial charge in [-0.2, -0.15) is 0 Å². The van der Waals surface area contributed by atoms with E-state index in [9.17, 15) is 20.1 Å². The van der Waals surface area contributed by atoms with E-state index in [0.717, 1.165) is 44.9 Å². The van der Waals surface area contributed by atoms with Crippen LogP contribution in [0.25, 0.3) is 0 Å². The van der Waals surface area contributed by atoms with E-state index < -0.39 is 24.2 Å². The number of aliphatic hydroxyl groups excluding tert-OH is 3. The molecule has 0 heterocycles. The van der Waals surface area contributed by atoms with Crippen molar-refractivity contribution in [1.82, 2.24) is 5.32 Å². The first-order valence-electron chi connectivity index (χ1n) is 23.8. The second kappa shape index (κ2) is 44.3. The van der Waals surface area contributed by atoms with E-state index in [0.29, 0.717) is 6.42 Å². The maximum Gasteiger partial charge on any atom is 0.249 e. The van der Waals surface area contributed by atoms with Gasteiger partial charge in [0.1, 0.15) is 6.10 Å². The van der Waals surface area contributed by atoms with Crippen LogP contribution in [-0.2, 0) is 4.79 Å². The smallest absolute Gasteiger partial charge is 0.249 e. The number of carbonyl (C=O) groups is 1. The predicted octanol–water partition coefficient (Wildman–Crippen LogP) is 13.9. The van der Waals surface area contributed by atoms with Gasteiger partial charge in [-0.15, -0.1) is 0 Å². The van der Waals surface area contributed by atoms with Crippen molar-refractivity contribution >= 4 is 5.91 Å². The minimum atomic E-state index is -1.11. The molecule has 1 amide bonds. The van der Waals surface area contributed by atoms with Gasteiger partial charge < -0.3 is 20.6 Å². The lowest BCUT2D eigenvalue weighted by Crippen LogP contribution is -2.48. The molecular weight excluding hydrogens is 667 g/mol. The van der Waals surface area contributed by atoms with Crippen molar-refractivity contribution in [2.24, 2.45) is 0 Å². The highest BCUT2D eigenvalue weighted by Gasteiger charge is 2.22. The summed E-state index contributed by atoms with van der Waals surface area (Å²) in [5.74, 6) is -0.517. The lowest BCUT2D eigenvalue weighted by Gasteiger charge is -2.21. The normalized spacial score (nSPS) is 13.8. The number of unbranched alkanes of at least 4 members (excludes halogenated alkanes) is 32. The number of aliphatic hydroxyl groups is 3.